The molecule has 0 spiro atoms. The van der Waals surface area contributed by atoms with Gasteiger partial charge in [-0.15, -0.1) is 0 Å². The van der Waals surface area contributed by atoms with Crippen LogP contribution >= 0.6 is 0 Å². The van der Waals surface area contributed by atoms with Crippen molar-refractivity contribution in [2.45, 2.75) is 6.43 Å². The molecule has 0 aliphatic heterocycles. The normalized spacial score (nSPS) is 10.7. The van der Waals surface area contributed by atoms with Crippen molar-refractivity contribution in [2.24, 2.45) is 0 Å². The Morgan fingerprint density at radius 2 is 1.81 bits per heavy atom. The van der Waals surface area contributed by atoms with Crippen LogP contribution in [0.25, 0.3) is 5.69 Å². The van der Waals surface area contributed by atoms with Gasteiger partial charge in [-0.2, -0.15) is 0 Å². The Hall–Kier alpha value is -2.57. The zero-order valence-electron chi connectivity index (χ0n) is 10.6. The lowest BCUT2D eigenvalue weighted by molar-refractivity contribution is 0.0159. The summed E-state index contributed by atoms with van der Waals surface area (Å²) in [6.07, 6.45) is -1.61. The lowest BCUT2D eigenvalue weighted by atomic mass is 10.2. The number of halogens is 3. The third-order valence-electron chi connectivity index (χ3n) is 2.59. The van der Waals surface area contributed by atoms with Gasteiger partial charge in [0.2, 0.25) is 0 Å². The number of hydrogen-bond donors (Lipinski definition) is 0. The predicted molar refractivity (Wildman–Crippen MR) is 68.3 cm³/mol. The van der Waals surface area contributed by atoms with Crippen molar-refractivity contribution in [1.82, 2.24) is 4.57 Å². The zero-order chi connectivity index (χ0) is 15.4. The Morgan fingerprint density at radius 3 is 2.43 bits per heavy atom. The fourth-order valence-electron chi connectivity index (χ4n) is 1.63. The second kappa shape index (κ2) is 6.25. The molecule has 0 saturated heterocycles. The molecule has 4 nitrogen and oxygen atoms in total. The summed E-state index contributed by atoms with van der Waals surface area (Å²) < 4.78 is 42.3. The van der Waals surface area contributed by atoms with E-state index < -0.39 is 30.4 Å². The maximum Gasteiger partial charge on any atom is 0.339 e. The van der Waals surface area contributed by atoms with Gasteiger partial charge in [-0.3, -0.25) is 9.36 Å². The molecule has 7 heteroatoms. The van der Waals surface area contributed by atoms with E-state index in [0.29, 0.717) is 5.69 Å². The summed E-state index contributed by atoms with van der Waals surface area (Å²) in [7, 11) is 0. The molecule has 0 N–H and O–H groups in total. The van der Waals surface area contributed by atoms with Crippen LogP contribution < -0.4 is 5.56 Å². The van der Waals surface area contributed by atoms with Crippen molar-refractivity contribution in [1.29, 1.82) is 0 Å². The van der Waals surface area contributed by atoms with Gasteiger partial charge >= 0.3 is 5.97 Å². The van der Waals surface area contributed by atoms with Gasteiger partial charge in [0.05, 0.1) is 5.56 Å². The maximum atomic E-state index is 12.9. The summed E-state index contributed by atoms with van der Waals surface area (Å²) in [5, 5.41) is 0. The molecular formula is C14H10F3NO3. The highest BCUT2D eigenvalue weighted by atomic mass is 19.3. The van der Waals surface area contributed by atoms with Gasteiger partial charge in [-0.1, -0.05) is 0 Å². The smallest absolute Gasteiger partial charge is 0.339 e. The molecule has 0 unspecified atom stereocenters. The molecule has 0 aliphatic rings. The first kappa shape index (κ1) is 14.8. The van der Waals surface area contributed by atoms with Gasteiger partial charge in [-0.25, -0.2) is 18.0 Å². The number of rotatable bonds is 4. The first-order chi connectivity index (χ1) is 9.97. The minimum Gasteiger partial charge on any atom is -0.456 e. The van der Waals surface area contributed by atoms with Crippen LogP contribution in [0, 0.1) is 5.82 Å². The van der Waals surface area contributed by atoms with Gasteiger partial charge in [0.15, 0.2) is 6.61 Å². The number of carbonyl (C=O) groups is 1. The van der Waals surface area contributed by atoms with E-state index in [0.717, 1.165) is 29.0 Å². The average Bonchev–Trinajstić information content (AvgIpc) is 2.46. The Kier molecular flexibility index (Phi) is 4.42. The summed E-state index contributed by atoms with van der Waals surface area (Å²) >= 11 is 0. The minimum absolute atomic E-state index is 0.0559. The summed E-state index contributed by atoms with van der Waals surface area (Å²) in [6.45, 7) is -1.02. The van der Waals surface area contributed by atoms with Crippen molar-refractivity contribution in [3.05, 3.63) is 64.3 Å². The Morgan fingerprint density at radius 1 is 1.14 bits per heavy atom. The number of carbonyl (C=O) groups excluding carboxylic acids is 1. The highest BCUT2D eigenvalue weighted by molar-refractivity contribution is 5.89. The van der Waals surface area contributed by atoms with Crippen molar-refractivity contribution >= 4 is 5.97 Å². The van der Waals surface area contributed by atoms with Crippen LogP contribution in [-0.4, -0.2) is 23.6 Å². The van der Waals surface area contributed by atoms with Gasteiger partial charge in [0.1, 0.15) is 5.82 Å². The Balaban J connectivity index is 2.31. The first-order valence-corrected chi connectivity index (χ1v) is 5.91. The molecule has 110 valence electrons. The van der Waals surface area contributed by atoms with E-state index in [2.05, 4.69) is 4.74 Å². The number of aromatic nitrogens is 1. The third-order valence-corrected chi connectivity index (χ3v) is 2.59. The fourth-order valence-corrected chi connectivity index (χ4v) is 1.63. The number of hydrogen-bond acceptors (Lipinski definition) is 3. The third kappa shape index (κ3) is 3.71. The van der Waals surface area contributed by atoms with Crippen molar-refractivity contribution in [3.8, 4) is 5.69 Å². The van der Waals surface area contributed by atoms with Crippen molar-refractivity contribution in [2.75, 3.05) is 6.61 Å². The summed E-state index contributed by atoms with van der Waals surface area (Å²) in [4.78, 5) is 23.3. The van der Waals surface area contributed by atoms with Crippen LogP contribution in [0.3, 0.4) is 0 Å². The van der Waals surface area contributed by atoms with Gasteiger partial charge < -0.3 is 4.74 Å². The summed E-state index contributed by atoms with van der Waals surface area (Å²) in [5.74, 6) is -1.44. The number of benzene rings is 1. The second-order valence-electron chi connectivity index (χ2n) is 4.09. The molecule has 2 aromatic rings. The van der Waals surface area contributed by atoms with Crippen LogP contribution in [-0.2, 0) is 4.74 Å². The maximum absolute atomic E-state index is 12.9. The fraction of sp³-hybridized carbons (Fsp3) is 0.143. The highest BCUT2D eigenvalue weighted by Crippen LogP contribution is 2.09. The van der Waals surface area contributed by atoms with E-state index in [4.69, 9.17) is 0 Å². The summed E-state index contributed by atoms with van der Waals surface area (Å²) in [5.41, 5.74) is -0.170. The SMILES string of the molecule is O=C(OCC(F)F)c1ccc(=O)n(-c2ccc(F)cc2)c1. The molecular weight excluding hydrogens is 287 g/mol. The number of esters is 1. The Labute approximate surface area is 117 Å². The molecule has 0 bridgehead atoms. The van der Waals surface area contributed by atoms with Crippen LogP contribution in [0.5, 0.6) is 0 Å². The van der Waals surface area contributed by atoms with Crippen LogP contribution in [0.15, 0.2) is 47.4 Å². The molecule has 0 fully saturated rings. The molecule has 1 heterocycles. The molecule has 21 heavy (non-hydrogen) atoms. The van der Waals surface area contributed by atoms with Crippen LogP contribution in [0.4, 0.5) is 13.2 Å². The molecule has 0 amide bonds. The lowest BCUT2D eigenvalue weighted by Gasteiger charge is -2.08. The molecule has 1 aromatic heterocycles. The highest BCUT2D eigenvalue weighted by Gasteiger charge is 2.12. The quantitative estimate of drug-likeness (QED) is 0.814. The Bertz CT molecular complexity index is 695. The predicted octanol–water partition coefficient (Wildman–Crippen LogP) is 2.40. The average molecular weight is 297 g/mol. The number of ether oxygens (including phenoxy) is 1. The molecule has 0 saturated carbocycles. The van der Waals surface area contributed by atoms with Crippen molar-refractivity contribution < 1.29 is 22.7 Å². The monoisotopic (exact) mass is 297 g/mol. The van der Waals surface area contributed by atoms with E-state index in [1.807, 2.05) is 0 Å². The van der Waals surface area contributed by atoms with Crippen LogP contribution in [0.1, 0.15) is 10.4 Å². The molecule has 0 aliphatic carbocycles. The van der Waals surface area contributed by atoms with E-state index in [1.165, 1.54) is 18.2 Å². The van der Waals surface area contributed by atoms with Gasteiger partial charge in [-0.05, 0) is 30.3 Å². The van der Waals surface area contributed by atoms with E-state index in [1.54, 1.807) is 0 Å². The molecule has 2 rings (SSSR count). The van der Waals surface area contributed by atoms with E-state index >= 15 is 0 Å². The molecule has 1 aromatic carbocycles. The lowest BCUT2D eigenvalue weighted by Crippen LogP contribution is -2.20. The first-order valence-electron chi connectivity index (χ1n) is 5.91. The number of nitrogens with zero attached hydrogens (tertiary/aromatic N) is 1. The second-order valence-corrected chi connectivity index (χ2v) is 4.09. The minimum atomic E-state index is -2.77. The zero-order valence-corrected chi connectivity index (χ0v) is 10.6. The van der Waals surface area contributed by atoms with E-state index in [-0.39, 0.29) is 5.56 Å². The topological polar surface area (TPSA) is 48.3 Å². The largest absolute Gasteiger partial charge is 0.456 e. The number of pyridine rings is 1. The molecule has 0 atom stereocenters. The van der Waals surface area contributed by atoms with Crippen LogP contribution in [0.2, 0.25) is 0 Å². The van der Waals surface area contributed by atoms with Crippen molar-refractivity contribution in [3.63, 3.8) is 0 Å². The molecule has 0 radical (unpaired) electrons. The van der Waals surface area contributed by atoms with Gasteiger partial charge in [0.25, 0.3) is 12.0 Å². The van der Waals surface area contributed by atoms with Gasteiger partial charge in [0, 0.05) is 18.0 Å². The summed E-state index contributed by atoms with van der Waals surface area (Å²) in [6, 6.07) is 7.29. The standard InChI is InChI=1S/C14H10F3NO3/c15-10-2-4-11(5-3-10)18-7-9(1-6-13(18)19)14(20)21-8-12(16)17/h1-7,12H,8H2. The number of alkyl halides is 2. The van der Waals surface area contributed by atoms with E-state index in [9.17, 15) is 22.8 Å².